The van der Waals surface area contributed by atoms with Gasteiger partial charge in [0.05, 0.1) is 12.6 Å². The lowest BCUT2D eigenvalue weighted by molar-refractivity contribution is 0.261. The van der Waals surface area contributed by atoms with Gasteiger partial charge in [-0.15, -0.1) is 0 Å². The van der Waals surface area contributed by atoms with Crippen LogP contribution in [0, 0.1) is 5.82 Å². The first-order valence-corrected chi connectivity index (χ1v) is 9.19. The summed E-state index contributed by atoms with van der Waals surface area (Å²) in [6.07, 6.45) is 3.60. The lowest BCUT2D eigenvalue weighted by Crippen LogP contribution is -2.41. The van der Waals surface area contributed by atoms with Gasteiger partial charge in [0, 0.05) is 42.7 Å². The Hall–Kier alpha value is -3.02. The number of hydrogen-bond donors (Lipinski definition) is 3. The van der Waals surface area contributed by atoms with Crippen LogP contribution in [0.2, 0.25) is 0 Å². The summed E-state index contributed by atoms with van der Waals surface area (Å²) in [6.45, 7) is 1.39. The number of aromatic nitrogens is 1. The van der Waals surface area contributed by atoms with E-state index < -0.39 is 0 Å². The molecule has 1 unspecified atom stereocenters. The van der Waals surface area contributed by atoms with E-state index in [0.717, 1.165) is 46.6 Å². The van der Waals surface area contributed by atoms with E-state index in [1.807, 2.05) is 24.4 Å². The molecule has 3 aromatic rings. The maximum Gasteiger partial charge on any atom is 0.191 e. The van der Waals surface area contributed by atoms with Crippen LogP contribution in [0.5, 0.6) is 5.75 Å². The number of aliphatic imine (C=N–C) groups is 1. The Labute approximate surface area is 157 Å². The summed E-state index contributed by atoms with van der Waals surface area (Å²) in [5.41, 5.74) is 3.19. The minimum absolute atomic E-state index is 0.170. The number of para-hydroxylation sites is 1. The monoisotopic (exact) mass is 366 g/mol. The maximum absolute atomic E-state index is 13.5. The van der Waals surface area contributed by atoms with Gasteiger partial charge in [-0.1, -0.05) is 18.2 Å². The molecule has 1 aliphatic heterocycles. The van der Waals surface area contributed by atoms with Gasteiger partial charge in [-0.25, -0.2) is 4.39 Å². The number of aromatic amines is 1. The van der Waals surface area contributed by atoms with E-state index in [4.69, 9.17) is 4.74 Å². The summed E-state index contributed by atoms with van der Waals surface area (Å²) >= 11 is 0. The molecule has 0 amide bonds. The fraction of sp³-hybridized carbons (Fsp3) is 0.286. The molecule has 2 aromatic carbocycles. The van der Waals surface area contributed by atoms with Crippen molar-refractivity contribution in [3.05, 3.63) is 65.6 Å². The zero-order valence-corrected chi connectivity index (χ0v) is 15.3. The third-order valence-electron chi connectivity index (χ3n) is 4.91. The number of fused-ring (bicyclic) bond motifs is 2. The Bertz CT molecular complexity index is 966. The summed E-state index contributed by atoms with van der Waals surface area (Å²) in [6, 6.07) is 13.1. The van der Waals surface area contributed by atoms with Crippen LogP contribution in [0.15, 0.2) is 53.7 Å². The fourth-order valence-electron chi connectivity index (χ4n) is 3.52. The van der Waals surface area contributed by atoms with Crippen molar-refractivity contribution < 1.29 is 9.13 Å². The lowest BCUT2D eigenvalue weighted by Gasteiger charge is -2.28. The second-order valence-electron chi connectivity index (χ2n) is 6.62. The molecule has 1 aliphatic rings. The third kappa shape index (κ3) is 3.74. The van der Waals surface area contributed by atoms with Crippen LogP contribution in [-0.4, -0.2) is 31.1 Å². The van der Waals surface area contributed by atoms with E-state index in [1.54, 1.807) is 19.2 Å². The zero-order chi connectivity index (χ0) is 18.6. The molecule has 0 spiro atoms. The highest BCUT2D eigenvalue weighted by molar-refractivity contribution is 5.83. The van der Waals surface area contributed by atoms with Crippen molar-refractivity contribution >= 4 is 16.9 Å². The quantitative estimate of drug-likeness (QED) is 0.489. The minimum atomic E-state index is -0.216. The number of nitrogens with one attached hydrogen (secondary N) is 3. The lowest BCUT2D eigenvalue weighted by atomic mass is 10.0. The SMILES string of the molecule is CN=C(NCCc1c[nH]c2ccc(F)cc12)NC1CCOc2ccccc21. The molecule has 5 nitrogen and oxygen atoms in total. The van der Waals surface area contributed by atoms with Gasteiger partial charge in [-0.3, -0.25) is 4.99 Å². The fourth-order valence-corrected chi connectivity index (χ4v) is 3.52. The van der Waals surface area contributed by atoms with Crippen molar-refractivity contribution in [2.24, 2.45) is 4.99 Å². The van der Waals surface area contributed by atoms with Gasteiger partial charge in [0.25, 0.3) is 0 Å². The highest BCUT2D eigenvalue weighted by Gasteiger charge is 2.21. The van der Waals surface area contributed by atoms with E-state index in [9.17, 15) is 4.39 Å². The van der Waals surface area contributed by atoms with Gasteiger partial charge in [-0.2, -0.15) is 0 Å². The van der Waals surface area contributed by atoms with Crippen molar-refractivity contribution in [1.82, 2.24) is 15.6 Å². The van der Waals surface area contributed by atoms with E-state index in [2.05, 4.69) is 26.7 Å². The van der Waals surface area contributed by atoms with Gasteiger partial charge in [0.15, 0.2) is 5.96 Å². The normalized spacial score (nSPS) is 16.7. The van der Waals surface area contributed by atoms with Gasteiger partial charge >= 0.3 is 0 Å². The van der Waals surface area contributed by atoms with Crippen molar-refractivity contribution in [3.63, 3.8) is 0 Å². The average Bonchev–Trinajstić information content (AvgIpc) is 3.09. The predicted octanol–water partition coefficient (Wildman–Crippen LogP) is 3.54. The molecule has 0 bridgehead atoms. The number of guanidine groups is 1. The van der Waals surface area contributed by atoms with Crippen LogP contribution < -0.4 is 15.4 Å². The third-order valence-corrected chi connectivity index (χ3v) is 4.91. The number of H-pyrrole nitrogens is 1. The molecule has 1 atom stereocenters. The summed E-state index contributed by atoms with van der Waals surface area (Å²) in [7, 11) is 1.77. The van der Waals surface area contributed by atoms with E-state index in [0.29, 0.717) is 13.2 Å². The second-order valence-corrected chi connectivity index (χ2v) is 6.62. The summed E-state index contributed by atoms with van der Waals surface area (Å²) in [5.74, 6) is 1.47. The predicted molar refractivity (Wildman–Crippen MR) is 106 cm³/mol. The van der Waals surface area contributed by atoms with E-state index >= 15 is 0 Å². The summed E-state index contributed by atoms with van der Waals surface area (Å²) in [4.78, 5) is 7.53. The van der Waals surface area contributed by atoms with Crippen LogP contribution in [0.25, 0.3) is 10.9 Å². The van der Waals surface area contributed by atoms with Crippen LogP contribution in [0.1, 0.15) is 23.6 Å². The molecule has 0 fully saturated rings. The second kappa shape index (κ2) is 7.70. The molecule has 0 saturated carbocycles. The first kappa shape index (κ1) is 17.4. The van der Waals surface area contributed by atoms with Crippen LogP contribution in [0.3, 0.4) is 0 Å². The number of nitrogens with zero attached hydrogens (tertiary/aromatic N) is 1. The van der Waals surface area contributed by atoms with Gasteiger partial charge < -0.3 is 20.4 Å². The number of halogens is 1. The molecule has 4 rings (SSSR count). The highest BCUT2D eigenvalue weighted by atomic mass is 19.1. The molecule has 1 aromatic heterocycles. The summed E-state index contributed by atoms with van der Waals surface area (Å²) in [5, 5.41) is 7.76. The maximum atomic E-state index is 13.5. The molecule has 27 heavy (non-hydrogen) atoms. The smallest absolute Gasteiger partial charge is 0.191 e. The first-order valence-electron chi connectivity index (χ1n) is 9.19. The number of ether oxygens (including phenoxy) is 1. The largest absolute Gasteiger partial charge is 0.493 e. The molecule has 0 aliphatic carbocycles. The molecule has 3 N–H and O–H groups in total. The van der Waals surface area contributed by atoms with Crippen LogP contribution in [0.4, 0.5) is 4.39 Å². The van der Waals surface area contributed by atoms with Crippen molar-refractivity contribution in [3.8, 4) is 5.75 Å². The topological polar surface area (TPSA) is 61.4 Å². The van der Waals surface area contributed by atoms with Crippen LogP contribution >= 0.6 is 0 Å². The van der Waals surface area contributed by atoms with Crippen molar-refractivity contribution in [2.75, 3.05) is 20.2 Å². The number of benzene rings is 2. The number of rotatable bonds is 4. The molecule has 0 radical (unpaired) electrons. The van der Waals surface area contributed by atoms with Gasteiger partial charge in [0.1, 0.15) is 11.6 Å². The van der Waals surface area contributed by atoms with Gasteiger partial charge in [-0.05, 0) is 36.2 Å². The molecule has 140 valence electrons. The number of hydrogen-bond acceptors (Lipinski definition) is 2. The minimum Gasteiger partial charge on any atom is -0.493 e. The van der Waals surface area contributed by atoms with Gasteiger partial charge in [0.2, 0.25) is 0 Å². The molecule has 0 saturated heterocycles. The van der Waals surface area contributed by atoms with Crippen molar-refractivity contribution in [1.29, 1.82) is 0 Å². The standard InChI is InChI=1S/C21H23FN4O/c1-23-21(26-19-9-11-27-20-5-3-2-4-16(19)20)24-10-8-14-13-25-18-7-6-15(22)12-17(14)18/h2-7,12-13,19,25H,8-11H2,1H3,(H2,23,24,26). The van der Waals surface area contributed by atoms with E-state index in [-0.39, 0.29) is 11.9 Å². The Morgan fingerprint density at radius 1 is 1.30 bits per heavy atom. The molecule has 6 heteroatoms. The molecular formula is C21H23FN4O. The average molecular weight is 366 g/mol. The Morgan fingerprint density at radius 2 is 2.19 bits per heavy atom. The van der Waals surface area contributed by atoms with Crippen molar-refractivity contribution in [2.45, 2.75) is 18.9 Å². The molecular weight excluding hydrogens is 343 g/mol. The van der Waals surface area contributed by atoms with Crippen LogP contribution in [-0.2, 0) is 6.42 Å². The van der Waals surface area contributed by atoms with E-state index in [1.165, 1.54) is 6.07 Å². The zero-order valence-electron chi connectivity index (χ0n) is 15.3. The Morgan fingerprint density at radius 3 is 3.07 bits per heavy atom. The first-order chi connectivity index (χ1) is 13.2. The summed E-state index contributed by atoms with van der Waals surface area (Å²) < 4.78 is 19.2. The Kier molecular flexibility index (Phi) is 4.96. The highest BCUT2D eigenvalue weighted by Crippen LogP contribution is 2.31. The Balaban J connectivity index is 1.38. The molecule has 2 heterocycles.